The van der Waals surface area contributed by atoms with Crippen LogP contribution in [0.5, 0.6) is 0 Å². The zero-order chi connectivity index (χ0) is 20.2. The number of benzene rings is 2. The number of anilines is 1. The van der Waals surface area contributed by atoms with Gasteiger partial charge >= 0.3 is 0 Å². The molecule has 150 valence electrons. The number of amides is 2. The van der Waals surface area contributed by atoms with Gasteiger partial charge in [-0.1, -0.05) is 18.2 Å². The molecule has 1 atom stereocenters. The molecule has 2 aromatic carbocycles. The minimum absolute atomic E-state index is 0.127. The van der Waals surface area contributed by atoms with Crippen LogP contribution in [0.3, 0.4) is 0 Å². The van der Waals surface area contributed by atoms with Gasteiger partial charge in [0.1, 0.15) is 0 Å². The van der Waals surface area contributed by atoms with E-state index in [9.17, 15) is 9.59 Å². The molecule has 2 heterocycles. The Hall–Kier alpha value is -2.90. The molecule has 2 amide bonds. The maximum atomic E-state index is 13.0. The topological polar surface area (TPSA) is 68.6 Å². The van der Waals surface area contributed by atoms with Crippen molar-refractivity contribution >= 4 is 28.9 Å². The summed E-state index contributed by atoms with van der Waals surface area (Å²) in [4.78, 5) is 31.4. The third kappa shape index (κ3) is 4.41. The second-order valence-electron chi connectivity index (χ2n) is 7.53. The average Bonchev–Trinajstić information content (AvgIpc) is 2.89. The minimum atomic E-state index is -0.355. The summed E-state index contributed by atoms with van der Waals surface area (Å²) >= 11 is 0. The van der Waals surface area contributed by atoms with Crippen LogP contribution in [0, 0.1) is 0 Å². The lowest BCUT2D eigenvalue weighted by Gasteiger charge is -2.25. The molecule has 7 heteroatoms. The van der Waals surface area contributed by atoms with Crippen LogP contribution in [0.15, 0.2) is 64.8 Å². The van der Waals surface area contributed by atoms with Crippen molar-refractivity contribution < 1.29 is 9.59 Å². The van der Waals surface area contributed by atoms with Crippen molar-refractivity contribution in [3.05, 3.63) is 54.6 Å². The van der Waals surface area contributed by atoms with Gasteiger partial charge in [-0.2, -0.15) is 10.2 Å². The number of hydrogen-bond donors (Lipinski definition) is 0. The Labute approximate surface area is 170 Å². The fourth-order valence-electron chi connectivity index (χ4n) is 3.83. The molecule has 7 nitrogen and oxygen atoms in total. The summed E-state index contributed by atoms with van der Waals surface area (Å²) < 4.78 is 0. The van der Waals surface area contributed by atoms with Gasteiger partial charge in [-0.3, -0.25) is 14.5 Å². The molecular formula is C22H25N5O2. The Morgan fingerprint density at radius 3 is 2.24 bits per heavy atom. The SMILES string of the molecule is CN1CCCN([C@H]2CC(=O)N(c3ccc(N=Nc4ccccc4)cc3)C2=O)CC1. The maximum absolute atomic E-state index is 13.0. The molecule has 2 aliphatic rings. The number of rotatable bonds is 4. The van der Waals surface area contributed by atoms with E-state index in [4.69, 9.17) is 0 Å². The summed E-state index contributed by atoms with van der Waals surface area (Å²) in [7, 11) is 2.09. The molecular weight excluding hydrogens is 366 g/mol. The lowest BCUT2D eigenvalue weighted by atomic mass is 10.2. The third-order valence-electron chi connectivity index (χ3n) is 5.46. The largest absolute Gasteiger partial charge is 0.305 e. The predicted octanol–water partition coefficient (Wildman–Crippen LogP) is 3.37. The van der Waals surface area contributed by atoms with Gasteiger partial charge in [0, 0.05) is 19.6 Å². The zero-order valence-electron chi connectivity index (χ0n) is 16.6. The molecule has 4 rings (SSSR count). The summed E-state index contributed by atoms with van der Waals surface area (Å²) in [6, 6.07) is 16.2. The smallest absolute Gasteiger partial charge is 0.251 e. The Bertz CT molecular complexity index is 897. The Kier molecular flexibility index (Phi) is 5.78. The van der Waals surface area contributed by atoms with Gasteiger partial charge in [0.25, 0.3) is 5.91 Å². The van der Waals surface area contributed by atoms with Crippen molar-refractivity contribution in [2.45, 2.75) is 18.9 Å². The maximum Gasteiger partial charge on any atom is 0.251 e. The van der Waals surface area contributed by atoms with Crippen molar-refractivity contribution in [1.29, 1.82) is 0 Å². The normalized spacial score (nSPS) is 21.8. The second kappa shape index (κ2) is 8.63. The number of likely N-dealkylation sites (N-methyl/N-ethyl adjacent to an activating group) is 1. The minimum Gasteiger partial charge on any atom is -0.305 e. The summed E-state index contributed by atoms with van der Waals surface area (Å²) in [5.41, 5.74) is 2.03. The Balaban J connectivity index is 1.46. The first-order valence-electron chi connectivity index (χ1n) is 9.98. The molecule has 2 aromatic rings. The van der Waals surface area contributed by atoms with Crippen LogP contribution in [0.4, 0.5) is 17.1 Å². The van der Waals surface area contributed by atoms with E-state index in [0.29, 0.717) is 11.4 Å². The summed E-state index contributed by atoms with van der Waals surface area (Å²) in [6.07, 6.45) is 1.26. The van der Waals surface area contributed by atoms with Crippen LogP contribution in [-0.4, -0.2) is 60.9 Å². The molecule has 0 unspecified atom stereocenters. The van der Waals surface area contributed by atoms with Crippen molar-refractivity contribution in [3.63, 3.8) is 0 Å². The van der Waals surface area contributed by atoms with Crippen LogP contribution in [-0.2, 0) is 9.59 Å². The van der Waals surface area contributed by atoms with Crippen LogP contribution < -0.4 is 4.90 Å². The second-order valence-corrected chi connectivity index (χ2v) is 7.53. The van der Waals surface area contributed by atoms with Gasteiger partial charge in [0.15, 0.2) is 0 Å². The summed E-state index contributed by atoms with van der Waals surface area (Å²) in [5, 5.41) is 8.40. The fourth-order valence-corrected chi connectivity index (χ4v) is 3.83. The van der Waals surface area contributed by atoms with E-state index in [2.05, 4.69) is 27.1 Å². The van der Waals surface area contributed by atoms with E-state index < -0.39 is 0 Å². The fraction of sp³-hybridized carbons (Fsp3) is 0.364. The predicted molar refractivity (Wildman–Crippen MR) is 112 cm³/mol. The molecule has 0 N–H and O–H groups in total. The van der Waals surface area contributed by atoms with Gasteiger partial charge in [-0.25, -0.2) is 4.90 Å². The molecule has 0 bridgehead atoms. The molecule has 0 aliphatic carbocycles. The number of carbonyl (C=O) groups excluding carboxylic acids is 2. The molecule has 2 aliphatic heterocycles. The Morgan fingerprint density at radius 2 is 1.52 bits per heavy atom. The highest BCUT2D eigenvalue weighted by Gasteiger charge is 2.42. The molecule has 2 saturated heterocycles. The van der Waals surface area contributed by atoms with Crippen LogP contribution in [0.1, 0.15) is 12.8 Å². The number of imide groups is 1. The van der Waals surface area contributed by atoms with Crippen molar-refractivity contribution in [2.75, 3.05) is 38.1 Å². The van der Waals surface area contributed by atoms with Crippen LogP contribution in [0.25, 0.3) is 0 Å². The van der Waals surface area contributed by atoms with Gasteiger partial charge in [-0.05, 0) is 56.4 Å². The standard InChI is InChI=1S/C22H25N5O2/c1-25-12-5-13-26(15-14-25)20-16-21(28)27(22(20)29)19-10-8-18(9-11-19)24-23-17-6-3-2-4-7-17/h2-4,6-11,20H,5,12-16H2,1H3/t20-/m0/s1. The van der Waals surface area contributed by atoms with E-state index in [1.807, 2.05) is 30.3 Å². The highest BCUT2D eigenvalue weighted by molar-refractivity contribution is 6.22. The van der Waals surface area contributed by atoms with Gasteiger partial charge in [0.2, 0.25) is 5.91 Å². The molecule has 0 aromatic heterocycles. The first-order chi connectivity index (χ1) is 14.1. The molecule has 0 saturated carbocycles. The number of nitrogens with zero attached hydrogens (tertiary/aromatic N) is 5. The van der Waals surface area contributed by atoms with Gasteiger partial charge in [-0.15, -0.1) is 0 Å². The van der Waals surface area contributed by atoms with Crippen molar-refractivity contribution in [2.24, 2.45) is 10.2 Å². The molecule has 0 radical (unpaired) electrons. The molecule has 0 spiro atoms. The zero-order valence-corrected chi connectivity index (χ0v) is 16.6. The van der Waals surface area contributed by atoms with E-state index in [0.717, 1.165) is 38.3 Å². The first kappa shape index (κ1) is 19.4. The van der Waals surface area contributed by atoms with Crippen molar-refractivity contribution in [1.82, 2.24) is 9.80 Å². The van der Waals surface area contributed by atoms with Gasteiger partial charge < -0.3 is 4.90 Å². The van der Waals surface area contributed by atoms with Crippen LogP contribution in [0.2, 0.25) is 0 Å². The summed E-state index contributed by atoms with van der Waals surface area (Å²) in [6.45, 7) is 3.60. The monoisotopic (exact) mass is 391 g/mol. The lowest BCUT2D eigenvalue weighted by Crippen LogP contribution is -2.43. The third-order valence-corrected chi connectivity index (χ3v) is 5.46. The molecule has 29 heavy (non-hydrogen) atoms. The molecule has 2 fully saturated rings. The quantitative estimate of drug-likeness (QED) is 0.592. The Morgan fingerprint density at radius 1 is 0.828 bits per heavy atom. The average molecular weight is 391 g/mol. The van der Waals surface area contributed by atoms with E-state index in [1.165, 1.54) is 4.90 Å². The van der Waals surface area contributed by atoms with Crippen molar-refractivity contribution in [3.8, 4) is 0 Å². The first-order valence-corrected chi connectivity index (χ1v) is 9.98. The van der Waals surface area contributed by atoms with E-state index >= 15 is 0 Å². The van der Waals surface area contributed by atoms with E-state index in [-0.39, 0.29) is 24.3 Å². The number of carbonyl (C=O) groups is 2. The highest BCUT2D eigenvalue weighted by atomic mass is 16.2. The van der Waals surface area contributed by atoms with Crippen LogP contribution >= 0.6 is 0 Å². The highest BCUT2D eigenvalue weighted by Crippen LogP contribution is 2.28. The summed E-state index contributed by atoms with van der Waals surface area (Å²) in [5.74, 6) is -0.269. The van der Waals surface area contributed by atoms with Gasteiger partial charge in [0.05, 0.1) is 29.5 Å². The number of azo groups is 1. The number of hydrogen-bond acceptors (Lipinski definition) is 6. The lowest BCUT2D eigenvalue weighted by molar-refractivity contribution is -0.122. The van der Waals surface area contributed by atoms with E-state index in [1.54, 1.807) is 24.3 Å².